The monoisotopic (exact) mass is 316 g/mol. The molecule has 2 aromatic rings. The van der Waals surface area contributed by atoms with Crippen molar-refractivity contribution in [2.45, 2.75) is 32.6 Å². The molecule has 0 spiro atoms. The summed E-state index contributed by atoms with van der Waals surface area (Å²) in [5, 5.41) is 1.36. The van der Waals surface area contributed by atoms with Crippen molar-refractivity contribution in [2.75, 3.05) is 38.1 Å². The van der Waals surface area contributed by atoms with E-state index in [0.717, 1.165) is 25.6 Å². The molecule has 2 aromatic heterocycles. The molecule has 4 nitrogen and oxygen atoms in total. The number of fused-ring (bicyclic) bond motifs is 3. The van der Waals surface area contributed by atoms with Crippen LogP contribution in [0.2, 0.25) is 0 Å². The van der Waals surface area contributed by atoms with Gasteiger partial charge in [-0.2, -0.15) is 0 Å². The maximum Gasteiger partial charge on any atom is 0.141 e. The van der Waals surface area contributed by atoms with Crippen molar-refractivity contribution < 1.29 is 0 Å². The van der Waals surface area contributed by atoms with E-state index in [2.05, 4.69) is 28.8 Å². The Hall–Kier alpha value is -1.20. The van der Waals surface area contributed by atoms with Crippen LogP contribution < -0.4 is 4.90 Å². The van der Waals surface area contributed by atoms with Gasteiger partial charge in [-0.15, -0.1) is 11.3 Å². The van der Waals surface area contributed by atoms with Gasteiger partial charge in [-0.1, -0.05) is 6.92 Å². The van der Waals surface area contributed by atoms with Crippen LogP contribution in [-0.2, 0) is 12.8 Å². The third-order valence-corrected chi connectivity index (χ3v) is 6.25. The van der Waals surface area contributed by atoms with E-state index in [1.807, 2.05) is 11.3 Å². The smallest absolute Gasteiger partial charge is 0.141 e. The van der Waals surface area contributed by atoms with Crippen LogP contribution in [0.4, 0.5) is 5.82 Å². The molecule has 0 saturated carbocycles. The highest BCUT2D eigenvalue weighted by molar-refractivity contribution is 7.19. The third-order valence-electron chi connectivity index (χ3n) is 5.09. The molecule has 0 amide bonds. The van der Waals surface area contributed by atoms with Gasteiger partial charge in [0.1, 0.15) is 17.0 Å². The lowest BCUT2D eigenvalue weighted by molar-refractivity contribution is 0.360. The van der Waals surface area contributed by atoms with E-state index in [9.17, 15) is 0 Å². The number of anilines is 1. The molecule has 1 aliphatic carbocycles. The van der Waals surface area contributed by atoms with Crippen LogP contribution >= 0.6 is 11.3 Å². The zero-order chi connectivity index (χ0) is 15.1. The van der Waals surface area contributed by atoms with Crippen LogP contribution in [0.1, 0.15) is 30.2 Å². The van der Waals surface area contributed by atoms with Crippen molar-refractivity contribution in [3.63, 3.8) is 0 Å². The Morgan fingerprint density at radius 2 is 2.09 bits per heavy atom. The first-order chi connectivity index (χ1) is 10.7. The van der Waals surface area contributed by atoms with Crippen molar-refractivity contribution in [3.8, 4) is 0 Å². The molecular weight excluding hydrogens is 292 g/mol. The lowest BCUT2D eigenvalue weighted by Crippen LogP contribution is -2.29. The van der Waals surface area contributed by atoms with Gasteiger partial charge < -0.3 is 9.80 Å². The fourth-order valence-corrected chi connectivity index (χ4v) is 5.10. The van der Waals surface area contributed by atoms with Crippen LogP contribution in [0.5, 0.6) is 0 Å². The number of thiophene rings is 1. The zero-order valence-electron chi connectivity index (χ0n) is 13.5. The maximum atomic E-state index is 4.70. The summed E-state index contributed by atoms with van der Waals surface area (Å²) in [6, 6.07) is 0. The van der Waals surface area contributed by atoms with E-state index < -0.39 is 0 Å². The van der Waals surface area contributed by atoms with Crippen molar-refractivity contribution in [1.29, 1.82) is 0 Å². The summed E-state index contributed by atoms with van der Waals surface area (Å²) in [5.74, 6) is 2.00. The first kappa shape index (κ1) is 14.4. The summed E-state index contributed by atoms with van der Waals surface area (Å²) in [7, 11) is 2.22. The molecule has 0 N–H and O–H groups in total. The molecule has 1 fully saturated rings. The zero-order valence-corrected chi connectivity index (χ0v) is 14.3. The minimum Gasteiger partial charge on any atom is -0.355 e. The Labute approximate surface area is 136 Å². The standard InChI is InChI=1S/C17H24N4S/c1-12-4-5-13-14(10-12)22-17-15(13)16(18-11-19-17)21-7-3-6-20(2)8-9-21/h11-12H,3-10H2,1-2H3/t12-/m0/s1. The largest absolute Gasteiger partial charge is 0.355 e. The van der Waals surface area contributed by atoms with Crippen molar-refractivity contribution >= 4 is 27.4 Å². The second-order valence-electron chi connectivity index (χ2n) is 6.87. The van der Waals surface area contributed by atoms with Gasteiger partial charge >= 0.3 is 0 Å². The number of aromatic nitrogens is 2. The van der Waals surface area contributed by atoms with Gasteiger partial charge in [0.15, 0.2) is 0 Å². The predicted molar refractivity (Wildman–Crippen MR) is 92.9 cm³/mol. The van der Waals surface area contributed by atoms with E-state index in [1.54, 1.807) is 16.8 Å². The van der Waals surface area contributed by atoms with Gasteiger partial charge in [0.05, 0.1) is 5.39 Å². The Balaban J connectivity index is 1.77. The maximum absolute atomic E-state index is 4.70. The molecule has 1 atom stereocenters. The second-order valence-corrected chi connectivity index (χ2v) is 7.96. The van der Waals surface area contributed by atoms with Crippen LogP contribution in [0.25, 0.3) is 10.2 Å². The molecule has 2 aliphatic rings. The van der Waals surface area contributed by atoms with Crippen molar-refractivity contribution in [2.24, 2.45) is 5.92 Å². The lowest BCUT2D eigenvalue weighted by Gasteiger charge is -2.24. The summed E-state index contributed by atoms with van der Waals surface area (Å²) < 4.78 is 0. The first-order valence-corrected chi connectivity index (χ1v) is 9.23. The molecule has 0 unspecified atom stereocenters. The second kappa shape index (κ2) is 5.78. The third kappa shape index (κ3) is 2.50. The molecule has 0 bridgehead atoms. The lowest BCUT2D eigenvalue weighted by atomic mass is 9.89. The molecule has 3 heterocycles. The summed E-state index contributed by atoms with van der Waals surface area (Å²) >= 11 is 1.90. The summed E-state index contributed by atoms with van der Waals surface area (Å²) in [5.41, 5.74) is 1.55. The van der Waals surface area contributed by atoms with Gasteiger partial charge in [0.25, 0.3) is 0 Å². The molecule has 5 heteroatoms. The van der Waals surface area contributed by atoms with Gasteiger partial charge in [-0.25, -0.2) is 9.97 Å². The minimum atomic E-state index is 0.809. The van der Waals surface area contributed by atoms with Gasteiger partial charge in [-0.05, 0) is 50.8 Å². The summed E-state index contributed by atoms with van der Waals surface area (Å²) in [6.07, 6.45) is 6.70. The topological polar surface area (TPSA) is 32.3 Å². The highest BCUT2D eigenvalue weighted by atomic mass is 32.1. The van der Waals surface area contributed by atoms with E-state index >= 15 is 0 Å². The van der Waals surface area contributed by atoms with Crippen molar-refractivity contribution in [1.82, 2.24) is 14.9 Å². The van der Waals surface area contributed by atoms with Crippen LogP contribution in [0.3, 0.4) is 0 Å². The first-order valence-electron chi connectivity index (χ1n) is 8.41. The number of aryl methyl sites for hydroxylation is 1. The highest BCUT2D eigenvalue weighted by Gasteiger charge is 2.25. The molecule has 4 rings (SSSR count). The Morgan fingerprint density at radius 3 is 3.00 bits per heavy atom. The Bertz CT molecular complexity index is 681. The molecule has 22 heavy (non-hydrogen) atoms. The number of nitrogens with zero attached hydrogens (tertiary/aromatic N) is 4. The van der Waals surface area contributed by atoms with Crippen molar-refractivity contribution in [3.05, 3.63) is 16.8 Å². The summed E-state index contributed by atoms with van der Waals surface area (Å²) in [6.45, 7) is 6.85. The van der Waals surface area contributed by atoms with Gasteiger partial charge in [0, 0.05) is 24.5 Å². The summed E-state index contributed by atoms with van der Waals surface area (Å²) in [4.78, 5) is 16.9. The fourth-order valence-electron chi connectivity index (χ4n) is 3.76. The van der Waals surface area contributed by atoms with E-state index in [-0.39, 0.29) is 0 Å². The van der Waals surface area contributed by atoms with E-state index in [4.69, 9.17) is 4.98 Å². The van der Waals surface area contributed by atoms with E-state index in [1.165, 1.54) is 48.3 Å². The Kier molecular flexibility index (Phi) is 3.78. The highest BCUT2D eigenvalue weighted by Crippen LogP contribution is 2.40. The number of hydrogen-bond acceptors (Lipinski definition) is 5. The molecule has 118 valence electrons. The molecular formula is C17H24N4S. The van der Waals surface area contributed by atoms with E-state index in [0.29, 0.717) is 0 Å². The van der Waals surface area contributed by atoms with Crippen LogP contribution in [0.15, 0.2) is 6.33 Å². The van der Waals surface area contributed by atoms with Crippen LogP contribution in [0, 0.1) is 5.92 Å². The minimum absolute atomic E-state index is 0.809. The fraction of sp³-hybridized carbons (Fsp3) is 0.647. The van der Waals surface area contributed by atoms with Gasteiger partial charge in [0.2, 0.25) is 0 Å². The number of likely N-dealkylation sites (N-methyl/N-ethyl adjacent to an activating group) is 1. The SMILES string of the molecule is C[C@H]1CCc2c(sc3ncnc(N4CCCN(C)CC4)c23)C1. The molecule has 0 radical (unpaired) electrons. The number of rotatable bonds is 1. The molecule has 1 saturated heterocycles. The van der Waals surface area contributed by atoms with Gasteiger partial charge in [-0.3, -0.25) is 0 Å². The Morgan fingerprint density at radius 1 is 1.18 bits per heavy atom. The predicted octanol–water partition coefficient (Wildman–Crippen LogP) is 2.96. The molecule has 1 aliphatic heterocycles. The normalized spacial score (nSPS) is 23.5. The number of hydrogen-bond donors (Lipinski definition) is 0. The molecule has 0 aromatic carbocycles. The quantitative estimate of drug-likeness (QED) is 0.810. The van der Waals surface area contributed by atoms with Crippen LogP contribution in [-0.4, -0.2) is 48.1 Å². The average Bonchev–Trinajstić information content (AvgIpc) is 2.73. The average molecular weight is 316 g/mol.